The summed E-state index contributed by atoms with van der Waals surface area (Å²) in [5, 5.41) is 1.26. The molecule has 0 amide bonds. The molecule has 2 heteroatoms. The fourth-order valence-corrected chi connectivity index (χ4v) is 2.21. The molecule has 3 aromatic rings. The Bertz CT molecular complexity index is 609. The van der Waals surface area contributed by atoms with Crippen LogP contribution in [0.2, 0.25) is 0 Å². The van der Waals surface area contributed by atoms with Crippen LogP contribution in [-0.4, -0.2) is 11.6 Å². The van der Waals surface area contributed by atoms with Crippen molar-refractivity contribution in [3.8, 4) is 0 Å². The Hall–Kier alpha value is -2.06. The highest BCUT2D eigenvalue weighted by molar-refractivity contribution is 5.80. The maximum Gasteiger partial charge on any atom is 0.0717 e. The topological polar surface area (TPSA) is 25.0 Å². The van der Waals surface area contributed by atoms with Gasteiger partial charge in [0.25, 0.3) is 0 Å². The van der Waals surface area contributed by atoms with E-state index in [2.05, 4.69) is 47.4 Å². The maximum absolute atomic E-state index is 5.70. The van der Waals surface area contributed by atoms with Crippen LogP contribution in [0.4, 0.5) is 0 Å². The van der Waals surface area contributed by atoms with Crippen molar-refractivity contribution >= 4 is 10.9 Å². The normalized spacial score (nSPS) is 10.9. The van der Waals surface area contributed by atoms with Crippen molar-refractivity contribution in [2.24, 2.45) is 0 Å². The number of aromatic nitrogens is 1. The zero-order chi connectivity index (χ0) is 12.9. The summed E-state index contributed by atoms with van der Waals surface area (Å²) in [6.07, 6.45) is 0.918. The number of para-hydroxylation sites is 1. The van der Waals surface area contributed by atoms with E-state index in [4.69, 9.17) is 4.74 Å². The predicted molar refractivity (Wildman–Crippen MR) is 78.1 cm³/mol. The molecule has 0 aliphatic heterocycles. The summed E-state index contributed by atoms with van der Waals surface area (Å²) >= 11 is 0. The number of hydrogen-bond donors (Lipinski definition) is 1. The molecule has 0 aliphatic rings. The van der Waals surface area contributed by atoms with Crippen molar-refractivity contribution in [1.82, 2.24) is 4.98 Å². The standard InChI is InChI=1S/C17H17NO/c1-2-6-14(7-3-1)13-19-11-10-16-12-15-8-4-5-9-17(15)18-16/h1-9,12,18H,10-11,13H2. The van der Waals surface area contributed by atoms with E-state index >= 15 is 0 Å². The van der Waals surface area contributed by atoms with Crippen LogP contribution < -0.4 is 0 Å². The second kappa shape index (κ2) is 5.72. The van der Waals surface area contributed by atoms with Gasteiger partial charge in [-0.3, -0.25) is 0 Å². The average molecular weight is 251 g/mol. The number of ether oxygens (including phenoxy) is 1. The summed E-state index contributed by atoms with van der Waals surface area (Å²) in [4.78, 5) is 3.41. The van der Waals surface area contributed by atoms with Gasteiger partial charge in [0.1, 0.15) is 0 Å². The van der Waals surface area contributed by atoms with Gasteiger partial charge in [-0.15, -0.1) is 0 Å². The van der Waals surface area contributed by atoms with Crippen molar-refractivity contribution in [2.45, 2.75) is 13.0 Å². The van der Waals surface area contributed by atoms with Gasteiger partial charge in [-0.1, -0.05) is 48.5 Å². The Labute approximate surface area is 113 Å². The van der Waals surface area contributed by atoms with Gasteiger partial charge in [-0.2, -0.15) is 0 Å². The third kappa shape index (κ3) is 3.04. The summed E-state index contributed by atoms with van der Waals surface area (Å²) in [7, 11) is 0. The lowest BCUT2D eigenvalue weighted by Gasteiger charge is -2.03. The molecule has 1 N–H and O–H groups in total. The molecule has 96 valence electrons. The number of H-pyrrole nitrogens is 1. The molecular weight excluding hydrogens is 234 g/mol. The summed E-state index contributed by atoms with van der Waals surface area (Å²) in [6, 6.07) is 20.8. The van der Waals surface area contributed by atoms with Crippen molar-refractivity contribution in [3.05, 3.63) is 71.9 Å². The van der Waals surface area contributed by atoms with E-state index in [0.29, 0.717) is 6.61 Å². The molecule has 19 heavy (non-hydrogen) atoms. The number of benzene rings is 2. The van der Waals surface area contributed by atoms with Crippen LogP contribution in [0.5, 0.6) is 0 Å². The second-order valence-electron chi connectivity index (χ2n) is 4.67. The third-order valence-electron chi connectivity index (χ3n) is 3.21. The molecule has 0 unspecified atom stereocenters. The van der Waals surface area contributed by atoms with Gasteiger partial charge >= 0.3 is 0 Å². The van der Waals surface area contributed by atoms with Gasteiger partial charge < -0.3 is 9.72 Å². The lowest BCUT2D eigenvalue weighted by Crippen LogP contribution is -1.99. The lowest BCUT2D eigenvalue weighted by atomic mass is 10.2. The molecular formula is C17H17NO. The molecule has 3 rings (SSSR count). The Morgan fingerprint density at radius 1 is 0.895 bits per heavy atom. The minimum atomic E-state index is 0.682. The van der Waals surface area contributed by atoms with Gasteiger partial charge in [0, 0.05) is 17.6 Å². The number of fused-ring (bicyclic) bond motifs is 1. The monoisotopic (exact) mass is 251 g/mol. The van der Waals surface area contributed by atoms with Gasteiger partial charge in [-0.25, -0.2) is 0 Å². The number of aromatic amines is 1. The van der Waals surface area contributed by atoms with Gasteiger partial charge in [0.05, 0.1) is 13.2 Å². The first kappa shape index (κ1) is 12.0. The lowest BCUT2D eigenvalue weighted by molar-refractivity contribution is 0.123. The fraction of sp³-hybridized carbons (Fsp3) is 0.176. The number of rotatable bonds is 5. The molecule has 0 spiro atoms. The Morgan fingerprint density at radius 2 is 1.68 bits per heavy atom. The zero-order valence-corrected chi connectivity index (χ0v) is 10.8. The van der Waals surface area contributed by atoms with Crippen LogP contribution in [0, 0.1) is 0 Å². The van der Waals surface area contributed by atoms with Crippen molar-refractivity contribution in [1.29, 1.82) is 0 Å². The first-order valence-corrected chi connectivity index (χ1v) is 6.60. The Kier molecular flexibility index (Phi) is 3.61. The third-order valence-corrected chi connectivity index (χ3v) is 3.21. The molecule has 0 radical (unpaired) electrons. The molecule has 2 aromatic carbocycles. The van der Waals surface area contributed by atoms with E-state index in [0.717, 1.165) is 13.0 Å². The molecule has 1 aromatic heterocycles. The van der Waals surface area contributed by atoms with E-state index in [1.807, 2.05) is 18.2 Å². The zero-order valence-electron chi connectivity index (χ0n) is 10.8. The summed E-state index contributed by atoms with van der Waals surface area (Å²) in [5.41, 5.74) is 3.65. The minimum absolute atomic E-state index is 0.682. The summed E-state index contributed by atoms with van der Waals surface area (Å²) in [5.74, 6) is 0. The summed E-state index contributed by atoms with van der Waals surface area (Å²) < 4.78 is 5.70. The smallest absolute Gasteiger partial charge is 0.0717 e. The Balaban J connectivity index is 1.52. The Morgan fingerprint density at radius 3 is 2.53 bits per heavy atom. The first-order valence-electron chi connectivity index (χ1n) is 6.60. The van der Waals surface area contributed by atoms with Crippen molar-refractivity contribution in [2.75, 3.05) is 6.61 Å². The number of nitrogens with one attached hydrogen (secondary N) is 1. The molecule has 0 fully saturated rings. The van der Waals surface area contributed by atoms with Crippen LogP contribution in [0.3, 0.4) is 0 Å². The SMILES string of the molecule is c1ccc(COCCc2cc3ccccc3[nH]2)cc1. The van der Waals surface area contributed by atoms with Crippen LogP contribution >= 0.6 is 0 Å². The molecule has 0 bridgehead atoms. The molecule has 1 heterocycles. The average Bonchev–Trinajstić information content (AvgIpc) is 2.87. The highest BCUT2D eigenvalue weighted by Crippen LogP contribution is 2.15. The van der Waals surface area contributed by atoms with E-state index in [9.17, 15) is 0 Å². The molecule has 0 atom stereocenters. The second-order valence-corrected chi connectivity index (χ2v) is 4.67. The molecule has 0 saturated carbocycles. The molecule has 2 nitrogen and oxygen atoms in total. The minimum Gasteiger partial charge on any atom is -0.376 e. The fourth-order valence-electron chi connectivity index (χ4n) is 2.21. The quantitative estimate of drug-likeness (QED) is 0.683. The molecule has 0 saturated heterocycles. The van der Waals surface area contributed by atoms with E-state index in [1.165, 1.54) is 22.2 Å². The van der Waals surface area contributed by atoms with Crippen molar-refractivity contribution < 1.29 is 4.74 Å². The highest BCUT2D eigenvalue weighted by atomic mass is 16.5. The van der Waals surface area contributed by atoms with Crippen LogP contribution in [-0.2, 0) is 17.8 Å². The largest absolute Gasteiger partial charge is 0.376 e. The predicted octanol–water partition coefficient (Wildman–Crippen LogP) is 3.93. The molecule has 0 aliphatic carbocycles. The van der Waals surface area contributed by atoms with Crippen LogP contribution in [0.15, 0.2) is 60.7 Å². The van der Waals surface area contributed by atoms with Gasteiger partial charge in [-0.05, 0) is 23.1 Å². The highest BCUT2D eigenvalue weighted by Gasteiger charge is 2.00. The van der Waals surface area contributed by atoms with Gasteiger partial charge in [0.15, 0.2) is 0 Å². The van der Waals surface area contributed by atoms with E-state index < -0.39 is 0 Å². The van der Waals surface area contributed by atoms with Crippen molar-refractivity contribution in [3.63, 3.8) is 0 Å². The first-order chi connectivity index (χ1) is 9.42. The van der Waals surface area contributed by atoms with Crippen LogP contribution in [0.1, 0.15) is 11.3 Å². The summed E-state index contributed by atoms with van der Waals surface area (Å²) in [6.45, 7) is 1.42. The van der Waals surface area contributed by atoms with E-state index in [1.54, 1.807) is 0 Å². The van der Waals surface area contributed by atoms with Gasteiger partial charge in [0.2, 0.25) is 0 Å². The number of hydrogen-bond acceptors (Lipinski definition) is 1. The maximum atomic E-state index is 5.70. The van der Waals surface area contributed by atoms with Crippen LogP contribution in [0.25, 0.3) is 10.9 Å². The van der Waals surface area contributed by atoms with E-state index in [-0.39, 0.29) is 0 Å².